The molecular weight excluding hydrogens is 304 g/mol. The van der Waals surface area contributed by atoms with Gasteiger partial charge < -0.3 is 15.0 Å². The summed E-state index contributed by atoms with van der Waals surface area (Å²) in [5, 5.41) is 2.83. The summed E-state index contributed by atoms with van der Waals surface area (Å²) in [5.74, 6) is 0.709. The van der Waals surface area contributed by atoms with Crippen molar-refractivity contribution in [1.29, 1.82) is 0 Å². The van der Waals surface area contributed by atoms with E-state index in [1.165, 1.54) is 0 Å². The smallest absolute Gasteiger partial charge is 0.228 e. The van der Waals surface area contributed by atoms with E-state index in [2.05, 4.69) is 5.32 Å². The van der Waals surface area contributed by atoms with E-state index in [9.17, 15) is 9.59 Å². The highest BCUT2D eigenvalue weighted by atomic mass is 16.5. The van der Waals surface area contributed by atoms with Crippen molar-refractivity contribution in [3.63, 3.8) is 0 Å². The van der Waals surface area contributed by atoms with Crippen LogP contribution in [0.25, 0.3) is 0 Å². The molecular formula is C19H22N2O3. The standard InChI is InChI=1S/C19H22N2O3/c1-21(2)13-18(22)15-6-8-16(9-7-15)20-19(23)12-14-4-10-17(24-3)11-5-14/h4-11H,12-13H2,1-3H3,(H,20,23). The number of Topliss-reactive ketones (excluding diaryl/α,β-unsaturated/α-hetero) is 1. The van der Waals surface area contributed by atoms with Crippen molar-refractivity contribution in [1.82, 2.24) is 4.90 Å². The zero-order valence-electron chi connectivity index (χ0n) is 14.2. The molecule has 0 saturated carbocycles. The lowest BCUT2D eigenvalue weighted by Gasteiger charge is -2.09. The molecule has 0 saturated heterocycles. The first-order valence-corrected chi connectivity index (χ1v) is 7.68. The van der Waals surface area contributed by atoms with Crippen molar-refractivity contribution in [2.45, 2.75) is 6.42 Å². The summed E-state index contributed by atoms with van der Waals surface area (Å²) in [4.78, 5) is 25.9. The molecule has 0 aromatic heterocycles. The average molecular weight is 326 g/mol. The summed E-state index contributed by atoms with van der Waals surface area (Å²) in [7, 11) is 5.31. The van der Waals surface area contributed by atoms with Gasteiger partial charge in [0.25, 0.3) is 0 Å². The summed E-state index contributed by atoms with van der Waals surface area (Å²) >= 11 is 0. The van der Waals surface area contributed by atoms with E-state index in [0.29, 0.717) is 17.8 Å². The Balaban J connectivity index is 1.92. The van der Waals surface area contributed by atoms with E-state index in [1.54, 1.807) is 31.4 Å². The molecule has 0 aliphatic carbocycles. The van der Waals surface area contributed by atoms with Gasteiger partial charge in [-0.3, -0.25) is 9.59 Å². The number of rotatable bonds is 7. The Morgan fingerprint density at radius 3 is 2.17 bits per heavy atom. The van der Waals surface area contributed by atoms with Crippen molar-refractivity contribution >= 4 is 17.4 Å². The van der Waals surface area contributed by atoms with E-state index in [4.69, 9.17) is 4.74 Å². The predicted molar refractivity (Wildman–Crippen MR) is 94.7 cm³/mol. The summed E-state index contributed by atoms with van der Waals surface area (Å²) in [6.45, 7) is 0.364. The number of benzene rings is 2. The number of methoxy groups -OCH3 is 1. The minimum Gasteiger partial charge on any atom is -0.497 e. The molecule has 0 bridgehead atoms. The van der Waals surface area contributed by atoms with Gasteiger partial charge in [-0.05, 0) is 56.1 Å². The number of likely N-dealkylation sites (N-methyl/N-ethyl adjacent to an activating group) is 1. The fourth-order valence-corrected chi connectivity index (χ4v) is 2.25. The fourth-order valence-electron chi connectivity index (χ4n) is 2.25. The predicted octanol–water partition coefficient (Wildman–Crippen LogP) is 2.62. The van der Waals surface area contributed by atoms with Gasteiger partial charge in [-0.1, -0.05) is 12.1 Å². The van der Waals surface area contributed by atoms with E-state index in [1.807, 2.05) is 43.3 Å². The number of anilines is 1. The van der Waals surface area contributed by atoms with Crippen LogP contribution in [0.5, 0.6) is 5.75 Å². The van der Waals surface area contributed by atoms with E-state index in [0.717, 1.165) is 11.3 Å². The van der Waals surface area contributed by atoms with Gasteiger partial charge in [0, 0.05) is 11.3 Å². The van der Waals surface area contributed by atoms with Crippen molar-refractivity contribution in [2.75, 3.05) is 33.1 Å². The first kappa shape index (κ1) is 17.7. The number of ketones is 1. The molecule has 0 aliphatic heterocycles. The lowest BCUT2D eigenvalue weighted by molar-refractivity contribution is -0.115. The van der Waals surface area contributed by atoms with Crippen LogP contribution < -0.4 is 10.1 Å². The highest BCUT2D eigenvalue weighted by Gasteiger charge is 2.08. The molecule has 0 atom stereocenters. The van der Waals surface area contributed by atoms with Crippen LogP contribution in [0.2, 0.25) is 0 Å². The SMILES string of the molecule is COc1ccc(CC(=O)Nc2ccc(C(=O)CN(C)C)cc2)cc1. The number of ether oxygens (including phenoxy) is 1. The van der Waals surface area contributed by atoms with Gasteiger partial charge in [-0.2, -0.15) is 0 Å². The molecule has 1 amide bonds. The third-order valence-corrected chi connectivity index (χ3v) is 3.47. The Hall–Kier alpha value is -2.66. The first-order valence-electron chi connectivity index (χ1n) is 7.68. The summed E-state index contributed by atoms with van der Waals surface area (Å²) < 4.78 is 5.09. The number of carbonyl (C=O) groups is 2. The molecule has 2 aromatic rings. The Morgan fingerprint density at radius 2 is 1.62 bits per heavy atom. The number of hydrogen-bond acceptors (Lipinski definition) is 4. The molecule has 1 N–H and O–H groups in total. The second-order valence-electron chi connectivity index (χ2n) is 5.81. The highest BCUT2D eigenvalue weighted by molar-refractivity contribution is 5.98. The fraction of sp³-hybridized carbons (Fsp3) is 0.263. The van der Waals surface area contributed by atoms with Crippen LogP contribution in [0.4, 0.5) is 5.69 Å². The van der Waals surface area contributed by atoms with E-state index < -0.39 is 0 Å². The molecule has 0 radical (unpaired) electrons. The summed E-state index contributed by atoms with van der Waals surface area (Å²) in [6.07, 6.45) is 0.283. The molecule has 0 heterocycles. The molecule has 0 aliphatic rings. The third-order valence-electron chi connectivity index (χ3n) is 3.47. The molecule has 0 unspecified atom stereocenters. The lowest BCUT2D eigenvalue weighted by atomic mass is 10.1. The van der Waals surface area contributed by atoms with Crippen LogP contribution >= 0.6 is 0 Å². The second kappa shape index (κ2) is 8.26. The van der Waals surface area contributed by atoms with Crippen LogP contribution in [-0.4, -0.2) is 44.3 Å². The average Bonchev–Trinajstić information content (AvgIpc) is 2.55. The number of nitrogens with one attached hydrogen (secondary N) is 1. The number of amides is 1. The minimum absolute atomic E-state index is 0.0520. The van der Waals surface area contributed by atoms with Crippen molar-refractivity contribution in [2.24, 2.45) is 0 Å². The molecule has 24 heavy (non-hydrogen) atoms. The van der Waals surface area contributed by atoms with E-state index >= 15 is 0 Å². The zero-order valence-corrected chi connectivity index (χ0v) is 14.2. The molecule has 0 spiro atoms. The Morgan fingerprint density at radius 1 is 1.00 bits per heavy atom. The topological polar surface area (TPSA) is 58.6 Å². The van der Waals surface area contributed by atoms with Crippen LogP contribution in [0, 0.1) is 0 Å². The maximum absolute atomic E-state index is 12.1. The van der Waals surface area contributed by atoms with Crippen molar-refractivity contribution in [3.05, 3.63) is 59.7 Å². The van der Waals surface area contributed by atoms with Gasteiger partial charge in [0.15, 0.2) is 5.78 Å². The first-order chi connectivity index (χ1) is 11.5. The number of carbonyl (C=O) groups excluding carboxylic acids is 2. The Kier molecular flexibility index (Phi) is 6.09. The molecule has 2 aromatic carbocycles. The van der Waals surface area contributed by atoms with Gasteiger partial charge >= 0.3 is 0 Å². The molecule has 2 rings (SSSR count). The lowest BCUT2D eigenvalue weighted by Crippen LogP contribution is -2.21. The van der Waals surface area contributed by atoms with Crippen LogP contribution in [0.1, 0.15) is 15.9 Å². The van der Waals surface area contributed by atoms with E-state index in [-0.39, 0.29) is 18.1 Å². The summed E-state index contributed by atoms with van der Waals surface area (Å²) in [5.41, 5.74) is 2.22. The monoisotopic (exact) mass is 326 g/mol. The maximum Gasteiger partial charge on any atom is 0.228 e. The van der Waals surface area contributed by atoms with Gasteiger partial charge in [0.05, 0.1) is 20.1 Å². The van der Waals surface area contributed by atoms with Gasteiger partial charge in [-0.25, -0.2) is 0 Å². The van der Waals surface area contributed by atoms with Gasteiger partial charge in [0.2, 0.25) is 5.91 Å². The highest BCUT2D eigenvalue weighted by Crippen LogP contribution is 2.14. The molecule has 5 heteroatoms. The Labute approximate surface area is 142 Å². The van der Waals surface area contributed by atoms with Crippen LogP contribution in [0.15, 0.2) is 48.5 Å². The summed E-state index contributed by atoms with van der Waals surface area (Å²) in [6, 6.07) is 14.3. The minimum atomic E-state index is -0.104. The number of nitrogens with zero attached hydrogens (tertiary/aromatic N) is 1. The van der Waals surface area contributed by atoms with Gasteiger partial charge in [0.1, 0.15) is 5.75 Å². The molecule has 0 fully saturated rings. The third kappa shape index (κ3) is 5.21. The molecule has 5 nitrogen and oxygen atoms in total. The van der Waals surface area contributed by atoms with Gasteiger partial charge in [-0.15, -0.1) is 0 Å². The molecule has 126 valence electrons. The Bertz CT molecular complexity index is 692. The largest absolute Gasteiger partial charge is 0.497 e. The second-order valence-corrected chi connectivity index (χ2v) is 5.81. The van der Waals surface area contributed by atoms with Crippen molar-refractivity contribution < 1.29 is 14.3 Å². The van der Waals surface area contributed by atoms with Crippen molar-refractivity contribution in [3.8, 4) is 5.75 Å². The normalized spacial score (nSPS) is 10.5. The van der Waals surface area contributed by atoms with Crippen LogP contribution in [-0.2, 0) is 11.2 Å². The quantitative estimate of drug-likeness (QED) is 0.795. The van der Waals surface area contributed by atoms with Crippen LogP contribution in [0.3, 0.4) is 0 Å². The zero-order chi connectivity index (χ0) is 17.5. The maximum atomic E-state index is 12.1. The number of hydrogen-bond donors (Lipinski definition) is 1.